The minimum absolute atomic E-state index is 0.103. The van der Waals surface area contributed by atoms with E-state index in [2.05, 4.69) is 36.9 Å². The number of aryl methyl sites for hydroxylation is 2. The van der Waals surface area contributed by atoms with Crippen LogP contribution in [-0.2, 0) is 6.42 Å². The normalized spacial score (nSPS) is 16.8. The number of hydrogen-bond acceptors (Lipinski definition) is 2. The molecule has 1 nitrogen and oxygen atoms in total. The second-order valence-corrected chi connectivity index (χ2v) is 7.40. The molecule has 2 aromatic rings. The Hall–Kier alpha value is -1.33. The van der Waals surface area contributed by atoms with Crippen LogP contribution in [0.4, 0.5) is 13.2 Å². The summed E-state index contributed by atoms with van der Waals surface area (Å²) in [4.78, 5) is 3.43. The SMILES string of the molecule is Cc1sc2cc(CCN3CC=C(C(F)(F)F)CC3)ccc2c1C. The van der Waals surface area contributed by atoms with Gasteiger partial charge in [-0.3, -0.25) is 4.90 Å². The van der Waals surface area contributed by atoms with Crippen LogP contribution in [0.25, 0.3) is 10.1 Å². The molecule has 1 aliphatic heterocycles. The average Bonchev–Trinajstić information content (AvgIpc) is 2.79. The highest BCUT2D eigenvalue weighted by molar-refractivity contribution is 7.19. The Labute approximate surface area is 138 Å². The Morgan fingerprint density at radius 2 is 2.00 bits per heavy atom. The molecule has 0 atom stereocenters. The van der Waals surface area contributed by atoms with Gasteiger partial charge in [0.25, 0.3) is 0 Å². The summed E-state index contributed by atoms with van der Waals surface area (Å²) in [6.45, 7) is 5.97. The van der Waals surface area contributed by atoms with Crippen LogP contribution in [0.2, 0.25) is 0 Å². The summed E-state index contributed by atoms with van der Waals surface area (Å²) in [5.74, 6) is 0. The van der Waals surface area contributed by atoms with Crippen molar-refractivity contribution in [3.05, 3.63) is 45.9 Å². The van der Waals surface area contributed by atoms with Gasteiger partial charge in [-0.2, -0.15) is 13.2 Å². The third-order valence-electron chi connectivity index (χ3n) is 4.62. The number of hydrogen-bond donors (Lipinski definition) is 0. The van der Waals surface area contributed by atoms with E-state index in [1.54, 1.807) is 0 Å². The zero-order valence-electron chi connectivity index (χ0n) is 13.3. The van der Waals surface area contributed by atoms with E-state index in [4.69, 9.17) is 0 Å². The Kier molecular flexibility index (Phi) is 4.52. The fraction of sp³-hybridized carbons (Fsp3) is 0.444. The van der Waals surface area contributed by atoms with Gasteiger partial charge in [-0.15, -0.1) is 11.3 Å². The molecule has 0 radical (unpaired) electrons. The zero-order valence-corrected chi connectivity index (χ0v) is 14.2. The van der Waals surface area contributed by atoms with Crippen LogP contribution in [0.5, 0.6) is 0 Å². The fourth-order valence-corrected chi connectivity index (χ4v) is 4.14. The van der Waals surface area contributed by atoms with Crippen molar-refractivity contribution in [2.24, 2.45) is 0 Å². The van der Waals surface area contributed by atoms with Gasteiger partial charge in [0.05, 0.1) is 0 Å². The predicted octanol–water partition coefficient (Wildman–Crippen LogP) is 5.26. The van der Waals surface area contributed by atoms with Crippen LogP contribution >= 0.6 is 11.3 Å². The summed E-state index contributed by atoms with van der Waals surface area (Å²) in [6, 6.07) is 6.53. The van der Waals surface area contributed by atoms with Crippen molar-refractivity contribution in [1.82, 2.24) is 4.90 Å². The van der Waals surface area contributed by atoms with Crippen molar-refractivity contribution in [2.75, 3.05) is 19.6 Å². The molecule has 0 unspecified atom stereocenters. The molecule has 0 bridgehead atoms. The Bertz CT molecular complexity index is 743. The van der Waals surface area contributed by atoms with E-state index < -0.39 is 6.18 Å². The highest BCUT2D eigenvalue weighted by Crippen LogP contribution is 2.32. The second kappa shape index (κ2) is 6.29. The van der Waals surface area contributed by atoms with Crippen molar-refractivity contribution in [3.8, 4) is 0 Å². The maximum Gasteiger partial charge on any atom is 0.412 e. The summed E-state index contributed by atoms with van der Waals surface area (Å²) in [5.41, 5.74) is 2.22. The number of nitrogens with zero attached hydrogens (tertiary/aromatic N) is 1. The zero-order chi connectivity index (χ0) is 16.6. The van der Waals surface area contributed by atoms with Crippen LogP contribution in [0.3, 0.4) is 0 Å². The molecule has 3 rings (SSSR count). The van der Waals surface area contributed by atoms with Crippen LogP contribution in [0, 0.1) is 13.8 Å². The van der Waals surface area contributed by atoms with E-state index >= 15 is 0 Å². The van der Waals surface area contributed by atoms with E-state index in [0.29, 0.717) is 13.1 Å². The third kappa shape index (κ3) is 3.61. The second-order valence-electron chi connectivity index (χ2n) is 6.14. The lowest BCUT2D eigenvalue weighted by atomic mass is 10.1. The third-order valence-corrected chi connectivity index (χ3v) is 5.79. The molecule has 0 saturated carbocycles. The molecule has 124 valence electrons. The van der Waals surface area contributed by atoms with Crippen molar-refractivity contribution < 1.29 is 13.2 Å². The minimum Gasteiger partial charge on any atom is -0.299 e. The van der Waals surface area contributed by atoms with Gasteiger partial charge in [0, 0.05) is 34.8 Å². The number of rotatable bonds is 3. The standard InChI is InChI=1S/C18H20F3NS/c1-12-13(2)23-17-11-14(3-4-16(12)17)5-8-22-9-6-15(7-10-22)18(19,20)21/h3-4,6,11H,5,7-10H2,1-2H3. The average molecular weight is 339 g/mol. The lowest BCUT2D eigenvalue weighted by molar-refractivity contribution is -0.0959. The highest BCUT2D eigenvalue weighted by atomic mass is 32.1. The monoisotopic (exact) mass is 339 g/mol. The van der Waals surface area contributed by atoms with Gasteiger partial charge in [0.15, 0.2) is 0 Å². The minimum atomic E-state index is -4.16. The Balaban J connectivity index is 1.62. The molecule has 0 spiro atoms. The van der Waals surface area contributed by atoms with Crippen molar-refractivity contribution in [1.29, 1.82) is 0 Å². The molecular weight excluding hydrogens is 319 g/mol. The maximum absolute atomic E-state index is 12.6. The summed E-state index contributed by atoms with van der Waals surface area (Å²) < 4.78 is 39.2. The van der Waals surface area contributed by atoms with E-state index in [9.17, 15) is 13.2 Å². The molecule has 0 amide bonds. The summed E-state index contributed by atoms with van der Waals surface area (Å²) in [7, 11) is 0. The first-order valence-corrected chi connectivity index (χ1v) is 8.63. The van der Waals surface area contributed by atoms with Gasteiger partial charge >= 0.3 is 6.18 Å². The number of fused-ring (bicyclic) bond motifs is 1. The smallest absolute Gasteiger partial charge is 0.299 e. The number of thiophene rings is 1. The molecule has 1 aromatic carbocycles. The van der Waals surface area contributed by atoms with E-state index in [0.717, 1.165) is 13.0 Å². The van der Waals surface area contributed by atoms with Gasteiger partial charge in [-0.1, -0.05) is 18.2 Å². The summed E-state index contributed by atoms with van der Waals surface area (Å²) in [6.07, 6.45) is -1.85. The quantitative estimate of drug-likeness (QED) is 0.690. The first-order chi connectivity index (χ1) is 10.8. The predicted molar refractivity (Wildman–Crippen MR) is 90.2 cm³/mol. The van der Waals surface area contributed by atoms with Crippen molar-refractivity contribution >= 4 is 21.4 Å². The Morgan fingerprint density at radius 3 is 2.65 bits per heavy atom. The highest BCUT2D eigenvalue weighted by Gasteiger charge is 2.34. The molecule has 0 fully saturated rings. The van der Waals surface area contributed by atoms with E-state index in [1.165, 1.54) is 32.2 Å². The van der Waals surface area contributed by atoms with Crippen LogP contribution in [-0.4, -0.2) is 30.7 Å². The molecule has 5 heteroatoms. The topological polar surface area (TPSA) is 3.24 Å². The van der Waals surface area contributed by atoms with Gasteiger partial charge in [-0.25, -0.2) is 0 Å². The molecule has 1 aliphatic rings. The molecule has 2 heterocycles. The summed E-state index contributed by atoms with van der Waals surface area (Å²) in [5, 5.41) is 1.31. The number of benzene rings is 1. The van der Waals surface area contributed by atoms with Crippen molar-refractivity contribution in [3.63, 3.8) is 0 Å². The van der Waals surface area contributed by atoms with Crippen LogP contribution in [0.1, 0.15) is 22.4 Å². The Morgan fingerprint density at radius 1 is 1.22 bits per heavy atom. The van der Waals surface area contributed by atoms with Crippen LogP contribution in [0.15, 0.2) is 29.8 Å². The number of alkyl halides is 3. The molecular formula is C18H20F3NS. The first kappa shape index (κ1) is 16.5. The molecule has 1 aromatic heterocycles. The molecule has 0 aliphatic carbocycles. The van der Waals surface area contributed by atoms with Gasteiger partial charge in [-0.05, 0) is 49.3 Å². The van der Waals surface area contributed by atoms with Crippen LogP contribution < -0.4 is 0 Å². The van der Waals surface area contributed by atoms with Gasteiger partial charge in [0.1, 0.15) is 0 Å². The lowest BCUT2D eigenvalue weighted by Crippen LogP contribution is -2.33. The van der Waals surface area contributed by atoms with Gasteiger partial charge in [0.2, 0.25) is 0 Å². The molecule has 0 N–H and O–H groups in total. The largest absolute Gasteiger partial charge is 0.412 e. The molecule has 0 saturated heterocycles. The summed E-state index contributed by atoms with van der Waals surface area (Å²) >= 11 is 1.81. The van der Waals surface area contributed by atoms with E-state index in [-0.39, 0.29) is 12.0 Å². The van der Waals surface area contributed by atoms with E-state index in [1.807, 2.05) is 11.3 Å². The number of halogens is 3. The first-order valence-electron chi connectivity index (χ1n) is 7.82. The molecule has 23 heavy (non-hydrogen) atoms. The van der Waals surface area contributed by atoms with Gasteiger partial charge < -0.3 is 0 Å². The maximum atomic E-state index is 12.6. The fourth-order valence-electron chi connectivity index (χ4n) is 3.01. The van der Waals surface area contributed by atoms with Crippen molar-refractivity contribution in [2.45, 2.75) is 32.9 Å². The lowest BCUT2D eigenvalue weighted by Gasteiger charge is -2.27.